The molecule has 9 aromatic carbocycles. The molecule has 0 N–H and O–H groups in total. The Bertz CT molecular complexity index is 2770. The molecule has 9 aromatic rings. The van der Waals surface area contributed by atoms with Gasteiger partial charge in [-0.05, 0) is 101 Å². The van der Waals surface area contributed by atoms with Gasteiger partial charge in [-0.2, -0.15) is 0 Å². The van der Waals surface area contributed by atoms with Gasteiger partial charge < -0.3 is 4.90 Å². The Kier molecular flexibility index (Phi) is 6.29. The second-order valence-electron chi connectivity index (χ2n) is 14.1. The summed E-state index contributed by atoms with van der Waals surface area (Å²) in [6.45, 7) is 4.70. The standard InChI is InChI=1S/C49H35N/c1-49(2)45-21-10-9-19-42(45)44-31-37(27-29-46(44)49)50(36-25-22-34(23-26-36)39-20-11-15-32-12-3-6-16-38(32)39)47-30-35-14-5-8-18-41(35)48-40-17-7-4-13-33(40)24-28-43(47)48/h3-31H,1-2H3. The fraction of sp³-hybridized carbons (Fsp3) is 0.0612. The molecule has 0 radical (unpaired) electrons. The summed E-state index contributed by atoms with van der Waals surface area (Å²) < 4.78 is 0. The normalized spacial score (nSPS) is 13.2. The van der Waals surface area contributed by atoms with E-state index in [0.29, 0.717) is 0 Å². The maximum Gasteiger partial charge on any atom is 0.0546 e. The Morgan fingerprint density at radius 1 is 0.380 bits per heavy atom. The molecule has 0 aliphatic heterocycles. The molecule has 0 amide bonds. The molecule has 1 aliphatic carbocycles. The van der Waals surface area contributed by atoms with E-state index in [2.05, 4.69) is 195 Å². The minimum atomic E-state index is -0.0516. The van der Waals surface area contributed by atoms with Crippen LogP contribution in [0, 0.1) is 0 Å². The molecule has 0 bridgehead atoms. The summed E-state index contributed by atoms with van der Waals surface area (Å²) >= 11 is 0. The number of rotatable bonds is 4. The fourth-order valence-electron chi connectivity index (χ4n) is 8.58. The van der Waals surface area contributed by atoms with Crippen LogP contribution in [0.25, 0.3) is 65.3 Å². The summed E-state index contributed by atoms with van der Waals surface area (Å²) in [6.07, 6.45) is 0. The van der Waals surface area contributed by atoms with E-state index in [-0.39, 0.29) is 5.41 Å². The molecule has 0 fully saturated rings. The molecular weight excluding hydrogens is 603 g/mol. The maximum atomic E-state index is 2.48. The topological polar surface area (TPSA) is 3.24 Å². The molecule has 1 heteroatoms. The summed E-state index contributed by atoms with van der Waals surface area (Å²) in [5.74, 6) is 0. The average Bonchev–Trinajstić information content (AvgIpc) is 3.40. The fourth-order valence-corrected chi connectivity index (χ4v) is 8.58. The molecule has 50 heavy (non-hydrogen) atoms. The molecule has 0 unspecified atom stereocenters. The molecule has 0 saturated carbocycles. The van der Waals surface area contributed by atoms with Crippen LogP contribution in [0.1, 0.15) is 25.0 Å². The number of nitrogens with zero attached hydrogens (tertiary/aromatic N) is 1. The number of anilines is 3. The third kappa shape index (κ3) is 4.27. The first-order valence-corrected chi connectivity index (χ1v) is 17.5. The van der Waals surface area contributed by atoms with Gasteiger partial charge in [0.1, 0.15) is 0 Å². The number of hydrogen-bond acceptors (Lipinski definition) is 1. The van der Waals surface area contributed by atoms with Crippen LogP contribution < -0.4 is 4.90 Å². The largest absolute Gasteiger partial charge is 0.310 e. The maximum absolute atomic E-state index is 2.48. The summed E-state index contributed by atoms with van der Waals surface area (Å²) in [5.41, 5.74) is 11.3. The Morgan fingerprint density at radius 2 is 0.960 bits per heavy atom. The Balaban J connectivity index is 1.24. The molecule has 1 nitrogen and oxygen atoms in total. The van der Waals surface area contributed by atoms with Gasteiger partial charge in [0.05, 0.1) is 5.69 Å². The van der Waals surface area contributed by atoms with Crippen molar-refractivity contribution in [3.63, 3.8) is 0 Å². The van der Waals surface area contributed by atoms with E-state index in [9.17, 15) is 0 Å². The van der Waals surface area contributed by atoms with Gasteiger partial charge in [-0.25, -0.2) is 0 Å². The Morgan fingerprint density at radius 3 is 1.76 bits per heavy atom. The molecule has 0 spiro atoms. The van der Waals surface area contributed by atoms with Gasteiger partial charge in [-0.1, -0.05) is 159 Å². The van der Waals surface area contributed by atoms with Gasteiger partial charge in [0, 0.05) is 22.2 Å². The quantitative estimate of drug-likeness (QED) is 0.174. The number of benzene rings is 9. The van der Waals surface area contributed by atoms with Gasteiger partial charge in [-0.3, -0.25) is 0 Å². The highest BCUT2D eigenvalue weighted by molar-refractivity contribution is 6.24. The lowest BCUT2D eigenvalue weighted by molar-refractivity contribution is 0.660. The highest BCUT2D eigenvalue weighted by Crippen LogP contribution is 2.51. The molecule has 0 heterocycles. The van der Waals surface area contributed by atoms with Gasteiger partial charge in [-0.15, -0.1) is 0 Å². The van der Waals surface area contributed by atoms with Gasteiger partial charge in [0.2, 0.25) is 0 Å². The molecule has 0 saturated heterocycles. The smallest absolute Gasteiger partial charge is 0.0546 e. The van der Waals surface area contributed by atoms with Crippen LogP contribution in [0.3, 0.4) is 0 Å². The molecule has 0 atom stereocenters. The average molecular weight is 638 g/mol. The van der Waals surface area contributed by atoms with Gasteiger partial charge >= 0.3 is 0 Å². The molecule has 10 rings (SSSR count). The summed E-state index contributed by atoms with van der Waals surface area (Å²) in [6, 6.07) is 65.0. The second-order valence-corrected chi connectivity index (χ2v) is 14.1. The Labute approximate surface area is 292 Å². The monoisotopic (exact) mass is 637 g/mol. The minimum Gasteiger partial charge on any atom is -0.310 e. The van der Waals surface area contributed by atoms with Crippen molar-refractivity contribution < 1.29 is 0 Å². The van der Waals surface area contributed by atoms with E-state index in [4.69, 9.17) is 0 Å². The van der Waals surface area contributed by atoms with Crippen LogP contribution in [-0.4, -0.2) is 0 Å². The summed E-state index contributed by atoms with van der Waals surface area (Å²) in [5, 5.41) is 10.1. The first kappa shape index (κ1) is 28.8. The van der Waals surface area contributed by atoms with Crippen molar-refractivity contribution in [2.75, 3.05) is 4.90 Å². The lowest BCUT2D eigenvalue weighted by atomic mass is 9.82. The van der Waals surface area contributed by atoms with E-state index in [1.807, 2.05) is 0 Å². The Hall–Kier alpha value is -6.18. The second kappa shape index (κ2) is 10.9. The van der Waals surface area contributed by atoms with E-state index in [1.165, 1.54) is 82.2 Å². The van der Waals surface area contributed by atoms with Crippen LogP contribution in [0.5, 0.6) is 0 Å². The van der Waals surface area contributed by atoms with Crippen molar-refractivity contribution in [1.82, 2.24) is 0 Å². The summed E-state index contributed by atoms with van der Waals surface area (Å²) in [4.78, 5) is 2.48. The molecule has 0 aromatic heterocycles. The van der Waals surface area contributed by atoms with Crippen LogP contribution in [-0.2, 0) is 5.41 Å². The van der Waals surface area contributed by atoms with E-state index < -0.39 is 0 Å². The SMILES string of the molecule is CC1(C)c2ccccc2-c2cc(N(c3ccc(-c4cccc5ccccc45)cc3)c3cc4ccccc4c4c3ccc3ccccc34)ccc21. The molecule has 236 valence electrons. The lowest BCUT2D eigenvalue weighted by Crippen LogP contribution is -2.15. The first-order chi connectivity index (χ1) is 24.6. The van der Waals surface area contributed by atoms with E-state index in [1.54, 1.807) is 0 Å². The molecule has 1 aliphatic rings. The van der Waals surface area contributed by atoms with Crippen molar-refractivity contribution in [3.8, 4) is 22.3 Å². The van der Waals surface area contributed by atoms with Crippen molar-refractivity contribution in [1.29, 1.82) is 0 Å². The van der Waals surface area contributed by atoms with Gasteiger partial charge in [0.25, 0.3) is 0 Å². The minimum absolute atomic E-state index is 0.0516. The van der Waals surface area contributed by atoms with Gasteiger partial charge in [0.15, 0.2) is 0 Å². The lowest BCUT2D eigenvalue weighted by Gasteiger charge is -2.29. The highest BCUT2D eigenvalue weighted by Gasteiger charge is 2.35. The third-order valence-electron chi connectivity index (χ3n) is 11.0. The zero-order valence-corrected chi connectivity index (χ0v) is 28.2. The molecular formula is C49H35N. The third-order valence-corrected chi connectivity index (χ3v) is 11.0. The van der Waals surface area contributed by atoms with Crippen LogP contribution in [0.15, 0.2) is 176 Å². The first-order valence-electron chi connectivity index (χ1n) is 17.5. The predicted octanol–water partition coefficient (Wildman–Crippen LogP) is 13.7. The predicted molar refractivity (Wildman–Crippen MR) is 214 cm³/mol. The zero-order valence-electron chi connectivity index (χ0n) is 28.2. The van der Waals surface area contributed by atoms with Crippen molar-refractivity contribution >= 4 is 60.2 Å². The highest BCUT2D eigenvalue weighted by atomic mass is 15.1. The van der Waals surface area contributed by atoms with E-state index in [0.717, 1.165) is 11.4 Å². The van der Waals surface area contributed by atoms with Crippen molar-refractivity contribution in [2.24, 2.45) is 0 Å². The van der Waals surface area contributed by atoms with Crippen molar-refractivity contribution in [3.05, 3.63) is 187 Å². The van der Waals surface area contributed by atoms with Crippen molar-refractivity contribution in [2.45, 2.75) is 19.3 Å². The van der Waals surface area contributed by atoms with Crippen LogP contribution in [0.4, 0.5) is 17.1 Å². The van der Waals surface area contributed by atoms with Crippen LogP contribution in [0.2, 0.25) is 0 Å². The zero-order chi connectivity index (χ0) is 33.4. The summed E-state index contributed by atoms with van der Waals surface area (Å²) in [7, 11) is 0. The van der Waals surface area contributed by atoms with Crippen LogP contribution >= 0.6 is 0 Å². The number of fused-ring (bicyclic) bond motifs is 9. The number of hydrogen-bond donors (Lipinski definition) is 0. The van der Waals surface area contributed by atoms with E-state index >= 15 is 0 Å².